The Kier molecular flexibility index (Phi) is 57.5. The number of carbonyl (C=O) groups excluding carboxylic acids is 2. The van der Waals surface area contributed by atoms with Crippen LogP contribution in [-0.2, 0) is 14.3 Å². The van der Waals surface area contributed by atoms with Crippen LogP contribution in [-0.4, -0.2) is 47.4 Å². The molecule has 0 saturated heterocycles. The number of aliphatic hydroxyl groups excluding tert-OH is 2. The molecule has 408 valence electrons. The van der Waals surface area contributed by atoms with Crippen molar-refractivity contribution in [1.29, 1.82) is 0 Å². The molecule has 0 bridgehead atoms. The van der Waals surface area contributed by atoms with E-state index in [1.807, 2.05) is 6.08 Å². The molecule has 0 spiro atoms. The van der Waals surface area contributed by atoms with Crippen LogP contribution in [0, 0.1) is 0 Å². The average molecular weight is 973 g/mol. The summed E-state index contributed by atoms with van der Waals surface area (Å²) in [5.74, 6) is -0.0640. The van der Waals surface area contributed by atoms with Gasteiger partial charge in [-0.1, -0.05) is 295 Å². The second-order valence-corrected chi connectivity index (χ2v) is 21.4. The van der Waals surface area contributed by atoms with Gasteiger partial charge in [0.05, 0.1) is 25.4 Å². The van der Waals surface area contributed by atoms with E-state index in [1.54, 1.807) is 6.08 Å². The Morgan fingerprint density at radius 1 is 0.391 bits per heavy atom. The van der Waals surface area contributed by atoms with Gasteiger partial charge in [0.2, 0.25) is 5.91 Å². The van der Waals surface area contributed by atoms with Crippen LogP contribution in [0.15, 0.2) is 24.3 Å². The van der Waals surface area contributed by atoms with Crippen LogP contribution in [0.4, 0.5) is 0 Å². The fraction of sp³-hybridized carbons (Fsp3) is 0.905. The molecule has 6 heteroatoms. The number of esters is 1. The predicted molar refractivity (Wildman–Crippen MR) is 301 cm³/mol. The zero-order valence-corrected chi connectivity index (χ0v) is 46.6. The molecule has 3 N–H and O–H groups in total. The summed E-state index contributed by atoms with van der Waals surface area (Å²) >= 11 is 0. The molecule has 0 radical (unpaired) electrons. The van der Waals surface area contributed by atoms with Crippen LogP contribution in [0.3, 0.4) is 0 Å². The second-order valence-electron chi connectivity index (χ2n) is 21.4. The molecular weight excluding hydrogens is 851 g/mol. The number of ether oxygens (including phenoxy) is 1. The highest BCUT2D eigenvalue weighted by Gasteiger charge is 2.18. The van der Waals surface area contributed by atoms with Crippen molar-refractivity contribution in [2.75, 3.05) is 13.2 Å². The van der Waals surface area contributed by atoms with Gasteiger partial charge in [0.1, 0.15) is 0 Å². The van der Waals surface area contributed by atoms with Gasteiger partial charge in [0, 0.05) is 12.8 Å². The fourth-order valence-electron chi connectivity index (χ4n) is 9.69. The summed E-state index contributed by atoms with van der Waals surface area (Å²) < 4.78 is 5.47. The van der Waals surface area contributed by atoms with E-state index < -0.39 is 12.1 Å². The van der Waals surface area contributed by atoms with Gasteiger partial charge in [-0.05, 0) is 57.8 Å². The molecule has 69 heavy (non-hydrogen) atoms. The van der Waals surface area contributed by atoms with Crippen molar-refractivity contribution in [2.24, 2.45) is 0 Å². The molecule has 2 atom stereocenters. The molecule has 0 aliphatic carbocycles. The van der Waals surface area contributed by atoms with Crippen LogP contribution in [0.25, 0.3) is 0 Å². The number of unbranched alkanes of at least 4 members (excludes halogenated alkanes) is 45. The Hall–Kier alpha value is -1.66. The van der Waals surface area contributed by atoms with E-state index in [9.17, 15) is 19.8 Å². The van der Waals surface area contributed by atoms with Gasteiger partial charge >= 0.3 is 5.97 Å². The molecule has 0 aromatic heterocycles. The minimum absolute atomic E-state index is 0.00248. The lowest BCUT2D eigenvalue weighted by molar-refractivity contribution is -0.143. The molecule has 0 aromatic rings. The van der Waals surface area contributed by atoms with Crippen molar-refractivity contribution in [3.05, 3.63) is 24.3 Å². The van der Waals surface area contributed by atoms with Crippen molar-refractivity contribution in [2.45, 2.75) is 353 Å². The Bertz CT molecular complexity index is 1080. The smallest absolute Gasteiger partial charge is 0.305 e. The third-order valence-corrected chi connectivity index (χ3v) is 14.5. The highest BCUT2D eigenvalue weighted by molar-refractivity contribution is 5.76. The first-order chi connectivity index (χ1) is 34.0. The van der Waals surface area contributed by atoms with Gasteiger partial charge in [-0.15, -0.1) is 0 Å². The molecule has 2 unspecified atom stereocenters. The third kappa shape index (κ3) is 55.5. The van der Waals surface area contributed by atoms with Crippen LogP contribution in [0.5, 0.6) is 0 Å². The van der Waals surface area contributed by atoms with E-state index in [4.69, 9.17) is 4.74 Å². The quantitative estimate of drug-likeness (QED) is 0.0321. The highest BCUT2D eigenvalue weighted by Crippen LogP contribution is 2.18. The summed E-state index contributed by atoms with van der Waals surface area (Å²) in [6.45, 7) is 4.91. The molecule has 0 saturated carbocycles. The van der Waals surface area contributed by atoms with Gasteiger partial charge in [-0.25, -0.2) is 0 Å². The number of aliphatic hydroxyl groups is 2. The second kappa shape index (κ2) is 58.9. The zero-order valence-electron chi connectivity index (χ0n) is 46.6. The first kappa shape index (κ1) is 67.3. The van der Waals surface area contributed by atoms with Crippen LogP contribution < -0.4 is 5.32 Å². The molecule has 0 rings (SSSR count). The molecule has 0 heterocycles. The van der Waals surface area contributed by atoms with Crippen molar-refractivity contribution in [1.82, 2.24) is 5.32 Å². The maximum absolute atomic E-state index is 12.5. The lowest BCUT2D eigenvalue weighted by atomic mass is 10.0. The maximum Gasteiger partial charge on any atom is 0.305 e. The normalized spacial score (nSPS) is 12.7. The lowest BCUT2D eigenvalue weighted by Crippen LogP contribution is -2.45. The number of rotatable bonds is 58. The summed E-state index contributed by atoms with van der Waals surface area (Å²) in [5, 5.41) is 23.2. The molecule has 0 fully saturated rings. The monoisotopic (exact) mass is 972 g/mol. The van der Waals surface area contributed by atoms with E-state index in [0.29, 0.717) is 19.4 Å². The Labute approximate surface area is 431 Å². The first-order valence-corrected chi connectivity index (χ1v) is 31.1. The minimum Gasteiger partial charge on any atom is -0.466 e. The molecule has 1 amide bonds. The summed E-state index contributed by atoms with van der Waals surface area (Å²) in [7, 11) is 0. The summed E-state index contributed by atoms with van der Waals surface area (Å²) in [6.07, 6.45) is 72.1. The van der Waals surface area contributed by atoms with Gasteiger partial charge in [0.15, 0.2) is 0 Å². The predicted octanol–water partition coefficient (Wildman–Crippen LogP) is 19.4. The lowest BCUT2D eigenvalue weighted by Gasteiger charge is -2.20. The minimum atomic E-state index is -0.845. The Morgan fingerprint density at radius 2 is 0.681 bits per heavy atom. The number of hydrogen-bond acceptors (Lipinski definition) is 5. The van der Waals surface area contributed by atoms with Crippen LogP contribution in [0.1, 0.15) is 341 Å². The average Bonchev–Trinajstić information content (AvgIpc) is 3.35. The third-order valence-electron chi connectivity index (χ3n) is 14.5. The number of hydrogen-bond donors (Lipinski definition) is 3. The molecule has 0 aliphatic heterocycles. The van der Waals surface area contributed by atoms with E-state index in [-0.39, 0.29) is 18.5 Å². The molecular formula is C63H121NO5. The number of allylic oxidation sites excluding steroid dienone is 3. The largest absolute Gasteiger partial charge is 0.466 e. The maximum atomic E-state index is 12.5. The molecule has 6 nitrogen and oxygen atoms in total. The van der Waals surface area contributed by atoms with Crippen molar-refractivity contribution in [3.8, 4) is 0 Å². The summed E-state index contributed by atoms with van der Waals surface area (Å²) in [5.41, 5.74) is 0. The van der Waals surface area contributed by atoms with E-state index in [1.165, 1.54) is 270 Å². The first-order valence-electron chi connectivity index (χ1n) is 31.1. The van der Waals surface area contributed by atoms with Crippen LogP contribution >= 0.6 is 0 Å². The van der Waals surface area contributed by atoms with Gasteiger partial charge in [0.25, 0.3) is 0 Å². The number of carbonyl (C=O) groups is 2. The summed E-state index contributed by atoms with van der Waals surface area (Å²) in [6, 6.07) is -0.629. The van der Waals surface area contributed by atoms with E-state index >= 15 is 0 Å². The van der Waals surface area contributed by atoms with Crippen molar-refractivity contribution < 1.29 is 24.5 Å². The zero-order chi connectivity index (χ0) is 50.0. The van der Waals surface area contributed by atoms with Crippen molar-refractivity contribution in [3.63, 3.8) is 0 Å². The van der Waals surface area contributed by atoms with Crippen LogP contribution in [0.2, 0.25) is 0 Å². The highest BCUT2D eigenvalue weighted by atomic mass is 16.5. The summed E-state index contributed by atoms with van der Waals surface area (Å²) in [4.78, 5) is 24.5. The standard InChI is InChI=1S/C63H121NO5/c1-3-5-7-9-11-13-15-17-18-19-25-28-32-35-39-43-47-51-55-61(66)60(59-65)64-62(67)56-52-48-44-40-36-33-29-26-23-21-20-22-24-27-30-34-38-42-46-50-54-58-69-63(68)57-53-49-45-41-37-31-16-14-12-10-8-6-4-2/h14,16,51,55,60-61,65-66H,3-13,15,17-50,52-54,56-59H2,1-2H3,(H,64,67)/b16-14-,55-51+. The fourth-order valence-corrected chi connectivity index (χ4v) is 9.69. The van der Waals surface area contributed by atoms with Gasteiger partial charge in [-0.3, -0.25) is 9.59 Å². The Balaban J connectivity index is 3.42. The topological polar surface area (TPSA) is 95.9 Å². The molecule has 0 aliphatic rings. The Morgan fingerprint density at radius 3 is 1.04 bits per heavy atom. The SMILES string of the molecule is CCCCCC/C=C\CCCCCCCC(=O)OCCCCCCCCCCCCCCCCCCCCCCCC(=O)NC(CO)C(O)/C=C/CCCCCCCCCCCCCCCCCC. The van der Waals surface area contributed by atoms with E-state index in [2.05, 4.69) is 31.3 Å². The molecule has 0 aromatic carbocycles. The number of nitrogens with one attached hydrogen (secondary N) is 1. The van der Waals surface area contributed by atoms with E-state index in [0.717, 1.165) is 44.9 Å². The number of amides is 1. The van der Waals surface area contributed by atoms with Gasteiger partial charge in [-0.2, -0.15) is 0 Å². The van der Waals surface area contributed by atoms with Gasteiger partial charge < -0.3 is 20.3 Å². The van der Waals surface area contributed by atoms with Crippen molar-refractivity contribution >= 4 is 11.9 Å².